The number of hydrogen-bond donors (Lipinski definition) is 2. The van der Waals surface area contributed by atoms with Crippen molar-refractivity contribution in [3.8, 4) is 0 Å². The Morgan fingerprint density at radius 1 is 1.33 bits per heavy atom. The van der Waals surface area contributed by atoms with E-state index in [-0.39, 0.29) is 11.9 Å². The number of urea groups is 1. The van der Waals surface area contributed by atoms with Gasteiger partial charge in [0.15, 0.2) is 0 Å². The minimum Gasteiger partial charge on any atom is -0.338 e. The minimum absolute atomic E-state index is 0.210. The summed E-state index contributed by atoms with van der Waals surface area (Å²) in [7, 11) is 0. The molecule has 1 unspecified atom stereocenters. The lowest BCUT2D eigenvalue weighted by molar-refractivity contribution is -0.122. The molecule has 0 bridgehead atoms. The molecular weight excluding hydrogens is 230 g/mol. The summed E-state index contributed by atoms with van der Waals surface area (Å²) in [6.45, 7) is 6.08. The van der Waals surface area contributed by atoms with E-state index in [1.165, 1.54) is 6.42 Å². The first kappa shape index (κ1) is 15.0. The van der Waals surface area contributed by atoms with Gasteiger partial charge in [-0.15, -0.1) is 0 Å². The quantitative estimate of drug-likeness (QED) is 0.732. The molecule has 1 saturated heterocycles. The highest BCUT2D eigenvalue weighted by atomic mass is 16.2. The molecule has 1 aliphatic heterocycles. The third-order valence-corrected chi connectivity index (χ3v) is 3.36. The predicted molar refractivity (Wildman–Crippen MR) is 71.3 cm³/mol. The molecule has 2 N–H and O–H groups in total. The number of amides is 3. The van der Waals surface area contributed by atoms with Gasteiger partial charge >= 0.3 is 6.03 Å². The van der Waals surface area contributed by atoms with Crippen molar-refractivity contribution in [2.75, 3.05) is 19.6 Å². The molecule has 18 heavy (non-hydrogen) atoms. The lowest BCUT2D eigenvalue weighted by Gasteiger charge is -2.32. The third kappa shape index (κ3) is 5.49. The molecule has 5 nitrogen and oxygen atoms in total. The van der Waals surface area contributed by atoms with Crippen LogP contribution in [0.25, 0.3) is 0 Å². The van der Waals surface area contributed by atoms with E-state index in [0.717, 1.165) is 32.2 Å². The molecule has 3 amide bonds. The van der Waals surface area contributed by atoms with Gasteiger partial charge in [0.25, 0.3) is 0 Å². The topological polar surface area (TPSA) is 61.4 Å². The zero-order valence-electron chi connectivity index (χ0n) is 11.5. The van der Waals surface area contributed by atoms with E-state index in [1.807, 2.05) is 0 Å². The summed E-state index contributed by atoms with van der Waals surface area (Å²) < 4.78 is 0. The van der Waals surface area contributed by atoms with E-state index in [1.54, 1.807) is 0 Å². The van der Waals surface area contributed by atoms with E-state index >= 15 is 0 Å². The van der Waals surface area contributed by atoms with Gasteiger partial charge in [-0.1, -0.05) is 19.8 Å². The highest BCUT2D eigenvalue weighted by Crippen LogP contribution is 2.15. The zero-order chi connectivity index (χ0) is 13.4. The Hall–Kier alpha value is -1.10. The van der Waals surface area contributed by atoms with Crippen LogP contribution in [0.1, 0.15) is 46.0 Å². The van der Waals surface area contributed by atoms with E-state index in [9.17, 15) is 9.59 Å². The van der Waals surface area contributed by atoms with Gasteiger partial charge in [0.05, 0.1) is 6.54 Å². The Bertz CT molecular complexity index is 281. The molecule has 1 aliphatic rings. The SMILES string of the molecule is CCCCNC(=O)NC(=O)CN1CCCCC1C. The van der Waals surface area contributed by atoms with Gasteiger partial charge in [-0.3, -0.25) is 15.0 Å². The molecule has 1 atom stereocenters. The molecule has 0 aromatic carbocycles. The number of likely N-dealkylation sites (tertiary alicyclic amines) is 1. The normalized spacial score (nSPS) is 20.4. The second-order valence-corrected chi connectivity index (χ2v) is 4.97. The summed E-state index contributed by atoms with van der Waals surface area (Å²) in [6.07, 6.45) is 5.47. The number of piperidine rings is 1. The summed E-state index contributed by atoms with van der Waals surface area (Å²) in [5.74, 6) is -0.210. The first-order chi connectivity index (χ1) is 8.63. The molecule has 0 spiro atoms. The first-order valence-corrected chi connectivity index (χ1v) is 6.95. The van der Waals surface area contributed by atoms with Gasteiger partial charge in [-0.25, -0.2) is 4.79 Å². The Labute approximate surface area is 109 Å². The van der Waals surface area contributed by atoms with E-state index in [2.05, 4.69) is 29.4 Å². The van der Waals surface area contributed by atoms with Gasteiger partial charge in [-0.2, -0.15) is 0 Å². The maximum atomic E-state index is 11.7. The first-order valence-electron chi connectivity index (χ1n) is 6.95. The predicted octanol–water partition coefficient (Wildman–Crippen LogP) is 1.49. The van der Waals surface area contributed by atoms with Crippen LogP contribution in [0, 0.1) is 0 Å². The second-order valence-electron chi connectivity index (χ2n) is 4.97. The van der Waals surface area contributed by atoms with Gasteiger partial charge < -0.3 is 5.32 Å². The van der Waals surface area contributed by atoms with E-state index in [0.29, 0.717) is 19.1 Å². The molecule has 1 fully saturated rings. The Kier molecular flexibility index (Phi) is 6.72. The van der Waals surface area contributed by atoms with Crippen LogP contribution < -0.4 is 10.6 Å². The van der Waals surface area contributed by atoms with Crippen LogP contribution >= 0.6 is 0 Å². The average molecular weight is 255 g/mol. The smallest absolute Gasteiger partial charge is 0.321 e. The van der Waals surface area contributed by atoms with Gasteiger partial charge in [-0.05, 0) is 32.7 Å². The van der Waals surface area contributed by atoms with Crippen molar-refractivity contribution >= 4 is 11.9 Å². The maximum Gasteiger partial charge on any atom is 0.321 e. The molecular formula is C13H25N3O2. The average Bonchev–Trinajstić information content (AvgIpc) is 2.32. The number of carbonyl (C=O) groups excluding carboxylic acids is 2. The van der Waals surface area contributed by atoms with Crippen molar-refractivity contribution in [2.45, 2.75) is 52.0 Å². The fourth-order valence-electron chi connectivity index (χ4n) is 2.17. The highest BCUT2D eigenvalue weighted by Gasteiger charge is 2.21. The standard InChI is InChI=1S/C13H25N3O2/c1-3-4-8-14-13(18)15-12(17)10-16-9-6-5-7-11(16)2/h11H,3-10H2,1-2H3,(H2,14,15,17,18). The summed E-state index contributed by atoms with van der Waals surface area (Å²) in [5.41, 5.74) is 0. The molecule has 0 radical (unpaired) electrons. The van der Waals surface area contributed by atoms with Gasteiger partial charge in [0.2, 0.25) is 5.91 Å². The van der Waals surface area contributed by atoms with E-state index < -0.39 is 0 Å². The summed E-state index contributed by atoms with van der Waals surface area (Å²) >= 11 is 0. The third-order valence-electron chi connectivity index (χ3n) is 3.36. The number of hydrogen-bond acceptors (Lipinski definition) is 3. The van der Waals surface area contributed by atoms with Crippen LogP contribution in [0.15, 0.2) is 0 Å². The highest BCUT2D eigenvalue weighted by molar-refractivity contribution is 5.95. The fraction of sp³-hybridized carbons (Fsp3) is 0.846. The van der Waals surface area contributed by atoms with Crippen molar-refractivity contribution < 1.29 is 9.59 Å². The van der Waals surface area contributed by atoms with Gasteiger partial charge in [0.1, 0.15) is 0 Å². The molecule has 0 saturated carbocycles. The summed E-state index contributed by atoms with van der Waals surface area (Å²) in [5, 5.41) is 5.05. The Morgan fingerprint density at radius 2 is 2.11 bits per heavy atom. The largest absolute Gasteiger partial charge is 0.338 e. The maximum absolute atomic E-state index is 11.7. The Morgan fingerprint density at radius 3 is 2.78 bits per heavy atom. The summed E-state index contributed by atoms with van der Waals surface area (Å²) in [4.78, 5) is 25.2. The number of carbonyl (C=O) groups is 2. The van der Waals surface area contributed by atoms with Crippen molar-refractivity contribution in [3.63, 3.8) is 0 Å². The second kappa shape index (κ2) is 8.08. The molecule has 1 rings (SSSR count). The lowest BCUT2D eigenvalue weighted by atomic mass is 10.0. The van der Waals surface area contributed by atoms with Crippen LogP contribution in [0.5, 0.6) is 0 Å². The lowest BCUT2D eigenvalue weighted by Crippen LogP contribution is -2.48. The number of nitrogens with zero attached hydrogens (tertiary/aromatic N) is 1. The number of imide groups is 1. The Balaban J connectivity index is 2.21. The fourth-order valence-corrected chi connectivity index (χ4v) is 2.17. The van der Waals surface area contributed by atoms with Crippen LogP contribution in [0.3, 0.4) is 0 Å². The molecule has 1 heterocycles. The molecule has 0 aliphatic carbocycles. The van der Waals surface area contributed by atoms with Crippen LogP contribution in [-0.4, -0.2) is 42.5 Å². The van der Waals surface area contributed by atoms with Crippen LogP contribution in [0.2, 0.25) is 0 Å². The monoisotopic (exact) mass is 255 g/mol. The van der Waals surface area contributed by atoms with Crippen LogP contribution in [0.4, 0.5) is 4.79 Å². The molecule has 5 heteroatoms. The minimum atomic E-state index is -0.377. The van der Waals surface area contributed by atoms with Crippen molar-refractivity contribution in [1.29, 1.82) is 0 Å². The molecule has 0 aromatic rings. The number of rotatable bonds is 5. The molecule has 104 valence electrons. The van der Waals surface area contributed by atoms with Crippen LogP contribution in [-0.2, 0) is 4.79 Å². The molecule has 0 aromatic heterocycles. The van der Waals surface area contributed by atoms with Gasteiger partial charge in [0, 0.05) is 12.6 Å². The zero-order valence-corrected chi connectivity index (χ0v) is 11.5. The number of nitrogens with one attached hydrogen (secondary N) is 2. The number of unbranched alkanes of at least 4 members (excludes halogenated alkanes) is 1. The van der Waals surface area contributed by atoms with E-state index in [4.69, 9.17) is 0 Å². The van der Waals surface area contributed by atoms with Crippen molar-refractivity contribution in [2.24, 2.45) is 0 Å². The summed E-state index contributed by atoms with van der Waals surface area (Å²) in [6, 6.07) is 0.0609. The van der Waals surface area contributed by atoms with Crippen molar-refractivity contribution in [3.05, 3.63) is 0 Å². The van der Waals surface area contributed by atoms with Crippen molar-refractivity contribution in [1.82, 2.24) is 15.5 Å².